The number of carboxylic acid groups (broad SMARTS) is 1. The molecule has 7 nitrogen and oxygen atoms in total. The first-order valence-corrected chi connectivity index (χ1v) is 7.06. The van der Waals surface area contributed by atoms with E-state index in [0.717, 1.165) is 0 Å². The summed E-state index contributed by atoms with van der Waals surface area (Å²) in [5.41, 5.74) is 0.599. The summed E-state index contributed by atoms with van der Waals surface area (Å²) >= 11 is 0. The number of carbonyl (C=O) groups excluding carboxylic acids is 1. The molecule has 2 unspecified atom stereocenters. The minimum Gasteiger partial charge on any atom is -0.534 e. The van der Waals surface area contributed by atoms with Crippen molar-refractivity contribution >= 4 is 19.0 Å². The van der Waals surface area contributed by atoms with Crippen LogP contribution in [0.5, 0.6) is 5.75 Å². The molecule has 0 saturated carbocycles. The summed E-state index contributed by atoms with van der Waals surface area (Å²) in [6.07, 6.45) is 0.174. The summed E-state index contributed by atoms with van der Waals surface area (Å²) < 4.78 is 5.27. The maximum Gasteiger partial charge on any atom is 0.547 e. The first-order chi connectivity index (χ1) is 10.4. The van der Waals surface area contributed by atoms with E-state index < -0.39 is 25.1 Å². The molecule has 0 radical (unpaired) electrons. The standard InChI is InChI=1S/C14H18BNO6/c1-8(17)5-6-12(18)16-11-7-9-3-2-4-10(14(19)20)13(9)22-15(11)21/h2-4,8,11,17,21H,5-7H2,1H3,(H,16,18)(H,19,20). The number of para-hydroxylation sites is 1. The van der Waals surface area contributed by atoms with Crippen LogP contribution >= 0.6 is 0 Å². The van der Waals surface area contributed by atoms with Gasteiger partial charge in [-0.05, 0) is 31.4 Å². The maximum absolute atomic E-state index is 11.8. The van der Waals surface area contributed by atoms with Crippen molar-refractivity contribution in [1.29, 1.82) is 0 Å². The van der Waals surface area contributed by atoms with Crippen LogP contribution in [0.1, 0.15) is 35.7 Å². The van der Waals surface area contributed by atoms with Crippen molar-refractivity contribution in [3.05, 3.63) is 29.3 Å². The number of amides is 1. The van der Waals surface area contributed by atoms with Crippen LogP contribution in [-0.2, 0) is 11.2 Å². The van der Waals surface area contributed by atoms with Crippen LogP contribution in [0.3, 0.4) is 0 Å². The Morgan fingerprint density at radius 3 is 2.86 bits per heavy atom. The number of hydrogen-bond donors (Lipinski definition) is 4. The fraction of sp³-hybridized carbons (Fsp3) is 0.429. The summed E-state index contributed by atoms with van der Waals surface area (Å²) in [6, 6.07) is 4.69. The van der Waals surface area contributed by atoms with Crippen molar-refractivity contribution in [2.45, 2.75) is 38.2 Å². The van der Waals surface area contributed by atoms with Gasteiger partial charge in [-0.3, -0.25) is 4.79 Å². The summed E-state index contributed by atoms with van der Waals surface area (Å²) in [5.74, 6) is -1.95. The third-order valence-electron chi connectivity index (χ3n) is 3.49. The lowest BCUT2D eigenvalue weighted by Gasteiger charge is -2.28. The van der Waals surface area contributed by atoms with Crippen LogP contribution < -0.4 is 9.97 Å². The quantitative estimate of drug-likeness (QED) is 0.568. The number of benzene rings is 1. The van der Waals surface area contributed by atoms with Crippen molar-refractivity contribution < 1.29 is 29.5 Å². The highest BCUT2D eigenvalue weighted by atomic mass is 16.5. The molecule has 0 spiro atoms. The summed E-state index contributed by atoms with van der Waals surface area (Å²) in [7, 11) is -1.32. The number of aliphatic hydroxyl groups is 1. The minimum atomic E-state index is -1.32. The number of fused-ring (bicyclic) bond motifs is 1. The van der Waals surface area contributed by atoms with E-state index in [1.807, 2.05) is 0 Å². The second kappa shape index (κ2) is 6.80. The molecule has 22 heavy (non-hydrogen) atoms. The van der Waals surface area contributed by atoms with Crippen LogP contribution in [0.15, 0.2) is 18.2 Å². The summed E-state index contributed by atoms with van der Waals surface area (Å²) in [5, 5.41) is 30.9. The normalized spacial score (nSPS) is 18.1. The van der Waals surface area contributed by atoms with Gasteiger partial charge in [0.1, 0.15) is 5.75 Å². The van der Waals surface area contributed by atoms with E-state index in [-0.39, 0.29) is 30.1 Å². The van der Waals surface area contributed by atoms with E-state index in [0.29, 0.717) is 12.0 Å². The predicted molar refractivity (Wildman–Crippen MR) is 78.6 cm³/mol. The SMILES string of the molecule is CC(O)CCC(=O)NC1Cc2cccc(C(=O)O)c2OB1O. The Labute approximate surface area is 128 Å². The van der Waals surface area contributed by atoms with Gasteiger partial charge in [0, 0.05) is 6.42 Å². The summed E-state index contributed by atoms with van der Waals surface area (Å²) in [6.45, 7) is 1.59. The molecule has 118 valence electrons. The molecule has 0 bridgehead atoms. The molecule has 0 fully saturated rings. The molecule has 2 rings (SSSR count). The second-order valence-electron chi connectivity index (χ2n) is 5.37. The summed E-state index contributed by atoms with van der Waals surface area (Å²) in [4.78, 5) is 22.9. The number of hydrogen-bond acceptors (Lipinski definition) is 5. The van der Waals surface area contributed by atoms with Crippen molar-refractivity contribution in [2.75, 3.05) is 0 Å². The molecule has 0 aliphatic carbocycles. The zero-order valence-corrected chi connectivity index (χ0v) is 12.2. The Hall–Kier alpha value is -2.06. The van der Waals surface area contributed by atoms with Gasteiger partial charge < -0.3 is 25.2 Å². The van der Waals surface area contributed by atoms with Gasteiger partial charge in [-0.15, -0.1) is 0 Å². The average Bonchev–Trinajstić information content (AvgIpc) is 2.45. The van der Waals surface area contributed by atoms with Crippen LogP contribution in [0.25, 0.3) is 0 Å². The number of rotatable bonds is 5. The molecule has 4 N–H and O–H groups in total. The first kappa shape index (κ1) is 16.3. The molecule has 8 heteroatoms. The van der Waals surface area contributed by atoms with Crippen molar-refractivity contribution in [2.24, 2.45) is 0 Å². The number of aliphatic hydroxyl groups excluding tert-OH is 1. The molecule has 1 amide bonds. The zero-order chi connectivity index (χ0) is 16.3. The highest BCUT2D eigenvalue weighted by Gasteiger charge is 2.37. The fourth-order valence-corrected chi connectivity index (χ4v) is 2.34. The Kier molecular flexibility index (Phi) is 5.05. The second-order valence-corrected chi connectivity index (χ2v) is 5.37. The number of carboxylic acids is 1. The topological polar surface area (TPSA) is 116 Å². The third kappa shape index (κ3) is 3.77. The lowest BCUT2D eigenvalue weighted by molar-refractivity contribution is -0.122. The van der Waals surface area contributed by atoms with Crippen LogP contribution in [-0.4, -0.2) is 46.3 Å². The molecule has 1 heterocycles. The van der Waals surface area contributed by atoms with Crippen LogP contribution in [0, 0.1) is 0 Å². The monoisotopic (exact) mass is 307 g/mol. The fourth-order valence-electron chi connectivity index (χ4n) is 2.34. The average molecular weight is 307 g/mol. The lowest BCUT2D eigenvalue weighted by atomic mass is 9.72. The molecule has 1 aliphatic rings. The van der Waals surface area contributed by atoms with Gasteiger partial charge in [0.2, 0.25) is 5.91 Å². The zero-order valence-electron chi connectivity index (χ0n) is 12.2. The largest absolute Gasteiger partial charge is 0.547 e. The van der Waals surface area contributed by atoms with E-state index >= 15 is 0 Å². The Morgan fingerprint density at radius 2 is 2.23 bits per heavy atom. The van der Waals surface area contributed by atoms with Gasteiger partial charge in [0.15, 0.2) is 0 Å². The molecule has 0 aromatic heterocycles. The number of aromatic carboxylic acids is 1. The predicted octanol–water partition coefficient (Wildman–Crippen LogP) is -0.0148. The van der Waals surface area contributed by atoms with E-state index in [2.05, 4.69) is 5.32 Å². The molecule has 0 saturated heterocycles. The number of carbonyl (C=O) groups is 2. The van der Waals surface area contributed by atoms with E-state index in [9.17, 15) is 14.6 Å². The van der Waals surface area contributed by atoms with Crippen molar-refractivity contribution in [3.8, 4) is 5.75 Å². The Bertz CT molecular complexity index is 576. The van der Waals surface area contributed by atoms with Gasteiger partial charge >= 0.3 is 13.1 Å². The van der Waals surface area contributed by atoms with Gasteiger partial charge in [-0.25, -0.2) is 4.79 Å². The Balaban J connectivity index is 2.08. The van der Waals surface area contributed by atoms with Gasteiger partial charge in [0.25, 0.3) is 0 Å². The molecular formula is C14H18BNO6. The van der Waals surface area contributed by atoms with Crippen molar-refractivity contribution in [3.63, 3.8) is 0 Å². The highest BCUT2D eigenvalue weighted by molar-refractivity contribution is 6.47. The van der Waals surface area contributed by atoms with Crippen LogP contribution in [0.4, 0.5) is 0 Å². The highest BCUT2D eigenvalue weighted by Crippen LogP contribution is 2.30. The van der Waals surface area contributed by atoms with Crippen molar-refractivity contribution in [1.82, 2.24) is 5.32 Å². The van der Waals surface area contributed by atoms with Gasteiger partial charge in [-0.2, -0.15) is 0 Å². The maximum atomic E-state index is 11.8. The minimum absolute atomic E-state index is 0.0181. The van der Waals surface area contributed by atoms with E-state index in [1.165, 1.54) is 6.07 Å². The molecular weight excluding hydrogens is 289 g/mol. The molecule has 1 aliphatic heterocycles. The number of nitrogens with one attached hydrogen (secondary N) is 1. The molecule has 1 aromatic carbocycles. The van der Waals surface area contributed by atoms with Gasteiger partial charge in [0.05, 0.1) is 17.6 Å². The Morgan fingerprint density at radius 1 is 1.50 bits per heavy atom. The van der Waals surface area contributed by atoms with E-state index in [4.69, 9.17) is 14.9 Å². The first-order valence-electron chi connectivity index (χ1n) is 7.06. The smallest absolute Gasteiger partial charge is 0.534 e. The third-order valence-corrected chi connectivity index (χ3v) is 3.49. The van der Waals surface area contributed by atoms with Gasteiger partial charge in [-0.1, -0.05) is 12.1 Å². The van der Waals surface area contributed by atoms with Crippen LogP contribution in [0.2, 0.25) is 0 Å². The molecule has 2 atom stereocenters. The lowest BCUT2D eigenvalue weighted by Crippen LogP contribution is -2.53. The van der Waals surface area contributed by atoms with E-state index in [1.54, 1.807) is 19.1 Å². The molecule has 1 aromatic rings.